The van der Waals surface area contributed by atoms with Crippen LogP contribution in [0.25, 0.3) is 0 Å². The summed E-state index contributed by atoms with van der Waals surface area (Å²) in [5.41, 5.74) is 1.84. The Morgan fingerprint density at radius 2 is 1.59 bits per heavy atom. The molecule has 0 saturated carbocycles. The second-order valence-electron chi connectivity index (χ2n) is 6.92. The van der Waals surface area contributed by atoms with Gasteiger partial charge in [0.2, 0.25) is 5.91 Å². The zero-order chi connectivity index (χ0) is 19.1. The van der Waals surface area contributed by atoms with Gasteiger partial charge in [-0.2, -0.15) is 0 Å². The number of hydrogen-bond acceptors (Lipinski definition) is 4. The highest BCUT2D eigenvalue weighted by molar-refractivity contribution is 7.91. The van der Waals surface area contributed by atoms with Gasteiger partial charge < -0.3 is 5.32 Å². The number of para-hydroxylation sites is 1. The van der Waals surface area contributed by atoms with E-state index < -0.39 is 9.84 Å². The molecule has 2 aromatic rings. The number of nitrogens with zero attached hydrogens (tertiary/aromatic N) is 1. The zero-order valence-corrected chi connectivity index (χ0v) is 16.2. The molecular weight excluding hydrogens is 360 g/mol. The number of sulfone groups is 1. The summed E-state index contributed by atoms with van der Waals surface area (Å²) in [7, 11) is -3.45. The minimum absolute atomic E-state index is 0.0602. The fraction of sp³-hybridized carbons (Fsp3) is 0.381. The molecule has 1 N–H and O–H groups in total. The first kappa shape index (κ1) is 19.6. The van der Waals surface area contributed by atoms with Gasteiger partial charge in [-0.15, -0.1) is 0 Å². The van der Waals surface area contributed by atoms with Gasteiger partial charge in [-0.25, -0.2) is 8.42 Å². The minimum Gasteiger partial charge on any atom is -0.326 e. The Morgan fingerprint density at radius 1 is 0.926 bits per heavy atom. The lowest BCUT2D eigenvalue weighted by Gasteiger charge is -2.27. The highest BCUT2D eigenvalue weighted by Crippen LogP contribution is 2.20. The first-order chi connectivity index (χ1) is 13.0. The van der Waals surface area contributed by atoms with Crippen molar-refractivity contribution >= 4 is 21.4 Å². The fourth-order valence-corrected chi connectivity index (χ4v) is 4.59. The van der Waals surface area contributed by atoms with Gasteiger partial charge in [-0.05, 0) is 49.7 Å². The Kier molecular flexibility index (Phi) is 6.63. The van der Waals surface area contributed by atoms with Crippen molar-refractivity contribution in [2.45, 2.75) is 37.1 Å². The SMILES string of the molecule is O=C(CCS(=O)(=O)c1ccccc1)Nc1ccccc1CN1CCCCC1. The van der Waals surface area contributed by atoms with Gasteiger partial charge in [0, 0.05) is 18.7 Å². The second kappa shape index (κ2) is 9.15. The lowest BCUT2D eigenvalue weighted by atomic mass is 10.1. The van der Waals surface area contributed by atoms with Crippen LogP contribution in [0.2, 0.25) is 0 Å². The normalized spacial score (nSPS) is 15.4. The predicted octanol–water partition coefficient (Wildman–Crippen LogP) is 3.48. The topological polar surface area (TPSA) is 66.5 Å². The average molecular weight is 387 g/mol. The molecule has 0 atom stereocenters. The maximum atomic E-state index is 12.3. The molecule has 1 saturated heterocycles. The van der Waals surface area contributed by atoms with Gasteiger partial charge in [-0.1, -0.05) is 42.8 Å². The molecule has 0 bridgehead atoms. The number of benzene rings is 2. The van der Waals surface area contributed by atoms with Gasteiger partial charge >= 0.3 is 0 Å². The standard InChI is InChI=1S/C21H26N2O3S/c24-21(13-16-27(25,26)19-10-3-1-4-11-19)22-20-12-6-5-9-18(20)17-23-14-7-2-8-15-23/h1,3-6,9-12H,2,7-8,13-17H2,(H,22,24). The van der Waals surface area contributed by atoms with E-state index in [-0.39, 0.29) is 23.0 Å². The Hall–Kier alpha value is -2.18. The van der Waals surface area contributed by atoms with Crippen molar-refractivity contribution in [3.8, 4) is 0 Å². The van der Waals surface area contributed by atoms with Crippen molar-refractivity contribution in [1.29, 1.82) is 0 Å². The summed E-state index contributed by atoms with van der Waals surface area (Å²) in [6.45, 7) is 2.97. The number of hydrogen-bond donors (Lipinski definition) is 1. The van der Waals surface area contributed by atoms with Crippen LogP contribution < -0.4 is 5.32 Å². The van der Waals surface area contributed by atoms with Crippen molar-refractivity contribution < 1.29 is 13.2 Å². The lowest BCUT2D eigenvalue weighted by Crippen LogP contribution is -2.29. The molecule has 0 aliphatic carbocycles. The van der Waals surface area contributed by atoms with Gasteiger partial charge in [0.1, 0.15) is 0 Å². The van der Waals surface area contributed by atoms with Crippen molar-refractivity contribution in [3.63, 3.8) is 0 Å². The molecule has 0 radical (unpaired) electrons. The third-order valence-electron chi connectivity index (χ3n) is 4.83. The lowest BCUT2D eigenvalue weighted by molar-refractivity contribution is -0.115. The van der Waals surface area contributed by atoms with Crippen LogP contribution in [0.1, 0.15) is 31.2 Å². The quantitative estimate of drug-likeness (QED) is 0.791. The van der Waals surface area contributed by atoms with Gasteiger partial charge in [0.05, 0.1) is 10.6 Å². The van der Waals surface area contributed by atoms with E-state index in [0.717, 1.165) is 30.9 Å². The summed E-state index contributed by atoms with van der Waals surface area (Å²) in [6, 6.07) is 16.0. The summed E-state index contributed by atoms with van der Waals surface area (Å²) in [5, 5.41) is 2.89. The van der Waals surface area contributed by atoms with Gasteiger partial charge in [0.15, 0.2) is 9.84 Å². The van der Waals surface area contributed by atoms with Crippen LogP contribution in [-0.2, 0) is 21.2 Å². The van der Waals surface area contributed by atoms with Crippen LogP contribution in [0.4, 0.5) is 5.69 Å². The molecule has 6 heteroatoms. The monoisotopic (exact) mass is 386 g/mol. The Labute approximate surface area is 161 Å². The Balaban J connectivity index is 1.59. The second-order valence-corrected chi connectivity index (χ2v) is 9.03. The van der Waals surface area contributed by atoms with Crippen molar-refractivity contribution in [1.82, 2.24) is 4.90 Å². The van der Waals surface area contributed by atoms with E-state index in [4.69, 9.17) is 0 Å². The maximum Gasteiger partial charge on any atom is 0.225 e. The maximum absolute atomic E-state index is 12.3. The number of amides is 1. The number of rotatable bonds is 7. The van der Waals surface area contributed by atoms with E-state index in [1.165, 1.54) is 19.3 Å². The first-order valence-electron chi connectivity index (χ1n) is 9.42. The Bertz CT molecular complexity index is 860. The fourth-order valence-electron chi connectivity index (χ4n) is 3.32. The van der Waals surface area contributed by atoms with E-state index in [9.17, 15) is 13.2 Å². The molecule has 3 rings (SSSR count). The summed E-state index contributed by atoms with van der Waals surface area (Å²) in [5.74, 6) is -0.475. The van der Waals surface area contributed by atoms with E-state index in [1.807, 2.05) is 24.3 Å². The van der Waals surface area contributed by atoms with Gasteiger partial charge in [0.25, 0.3) is 0 Å². The van der Waals surface area contributed by atoms with E-state index in [1.54, 1.807) is 30.3 Å². The molecule has 0 aromatic heterocycles. The van der Waals surface area contributed by atoms with Crippen molar-refractivity contribution in [2.24, 2.45) is 0 Å². The smallest absolute Gasteiger partial charge is 0.225 e. The molecule has 1 amide bonds. The first-order valence-corrected chi connectivity index (χ1v) is 11.1. The van der Waals surface area contributed by atoms with Crippen molar-refractivity contribution in [2.75, 3.05) is 24.2 Å². The number of nitrogens with one attached hydrogen (secondary N) is 1. The summed E-state index contributed by atoms with van der Waals surface area (Å²) in [4.78, 5) is 15.0. The van der Waals surface area contributed by atoms with E-state index >= 15 is 0 Å². The van der Waals surface area contributed by atoms with Crippen LogP contribution in [0, 0.1) is 0 Å². The summed E-state index contributed by atoms with van der Waals surface area (Å²) < 4.78 is 24.7. The number of likely N-dealkylation sites (tertiary alicyclic amines) is 1. The van der Waals surface area contributed by atoms with Crippen LogP contribution in [0.3, 0.4) is 0 Å². The highest BCUT2D eigenvalue weighted by atomic mass is 32.2. The molecule has 144 valence electrons. The van der Waals surface area contributed by atoms with Crippen molar-refractivity contribution in [3.05, 3.63) is 60.2 Å². The molecule has 2 aromatic carbocycles. The van der Waals surface area contributed by atoms with E-state index in [2.05, 4.69) is 10.2 Å². The number of anilines is 1. The van der Waals surface area contributed by atoms with Crippen LogP contribution in [0.15, 0.2) is 59.5 Å². The summed E-state index contributed by atoms with van der Waals surface area (Å²) in [6.07, 6.45) is 3.65. The molecule has 1 aliphatic rings. The van der Waals surface area contributed by atoms with Crippen LogP contribution in [0.5, 0.6) is 0 Å². The van der Waals surface area contributed by atoms with Crippen LogP contribution >= 0.6 is 0 Å². The molecule has 5 nitrogen and oxygen atoms in total. The number of piperidine rings is 1. The third kappa shape index (κ3) is 5.65. The third-order valence-corrected chi connectivity index (χ3v) is 6.57. The summed E-state index contributed by atoms with van der Waals surface area (Å²) >= 11 is 0. The Morgan fingerprint density at radius 3 is 2.33 bits per heavy atom. The highest BCUT2D eigenvalue weighted by Gasteiger charge is 2.17. The molecule has 1 aliphatic heterocycles. The molecule has 1 fully saturated rings. The molecule has 0 unspecified atom stereocenters. The zero-order valence-electron chi connectivity index (χ0n) is 15.4. The molecule has 0 spiro atoms. The average Bonchev–Trinajstić information content (AvgIpc) is 2.69. The van der Waals surface area contributed by atoms with Gasteiger partial charge in [-0.3, -0.25) is 9.69 Å². The molecule has 27 heavy (non-hydrogen) atoms. The largest absolute Gasteiger partial charge is 0.326 e. The predicted molar refractivity (Wildman–Crippen MR) is 107 cm³/mol. The number of carbonyl (C=O) groups excluding carboxylic acids is 1. The van der Waals surface area contributed by atoms with E-state index in [0.29, 0.717) is 0 Å². The number of carbonyl (C=O) groups is 1. The minimum atomic E-state index is -3.45. The molecule has 1 heterocycles. The van der Waals surface area contributed by atoms with Crippen LogP contribution in [-0.4, -0.2) is 38.1 Å². The molecular formula is C21H26N2O3S.